The quantitative estimate of drug-likeness (QED) is 0.592. The highest BCUT2D eigenvalue weighted by atomic mass is 32.2. The molecule has 3 aromatic rings. The normalized spacial score (nSPS) is 15.5. The average molecular weight is 393 g/mol. The van der Waals surface area contributed by atoms with Crippen LogP contribution in [0.2, 0.25) is 0 Å². The van der Waals surface area contributed by atoms with Crippen LogP contribution in [-0.4, -0.2) is 33.0 Å². The van der Waals surface area contributed by atoms with Crippen molar-refractivity contribution in [2.75, 3.05) is 5.32 Å². The Kier molecular flexibility index (Phi) is 5.38. The topological polar surface area (TPSA) is 99.8 Å². The van der Waals surface area contributed by atoms with Gasteiger partial charge in [0.25, 0.3) is 0 Å². The summed E-state index contributed by atoms with van der Waals surface area (Å²) in [6.07, 6.45) is 7.61. The minimum absolute atomic E-state index is 0.0645. The molecule has 0 unspecified atom stereocenters. The number of aryl methyl sites for hydroxylation is 1. The molecule has 1 atom stereocenters. The molecule has 0 bridgehead atoms. The molecule has 0 radical (unpaired) electrons. The summed E-state index contributed by atoms with van der Waals surface area (Å²) in [4.78, 5) is 30.5. The second-order valence-electron chi connectivity index (χ2n) is 6.55. The molecule has 3 N–H and O–H groups in total. The van der Waals surface area contributed by atoms with Gasteiger partial charge in [0, 0.05) is 46.0 Å². The number of nitrogens with one attached hydrogen (secondary N) is 3. The van der Waals surface area contributed by atoms with Crippen LogP contribution >= 0.6 is 11.8 Å². The summed E-state index contributed by atoms with van der Waals surface area (Å²) in [5.74, 6) is -1.28. The van der Waals surface area contributed by atoms with Crippen molar-refractivity contribution in [3.63, 3.8) is 0 Å². The van der Waals surface area contributed by atoms with Crippen LogP contribution in [0.1, 0.15) is 17.7 Å². The van der Waals surface area contributed by atoms with Gasteiger partial charge < -0.3 is 10.6 Å². The van der Waals surface area contributed by atoms with Crippen molar-refractivity contribution in [2.24, 2.45) is 0 Å². The van der Waals surface area contributed by atoms with Crippen LogP contribution in [0.25, 0.3) is 0 Å². The first-order valence-electron chi connectivity index (χ1n) is 8.98. The maximum atomic E-state index is 12.2. The summed E-state index contributed by atoms with van der Waals surface area (Å²) in [5.41, 5.74) is 2.79. The van der Waals surface area contributed by atoms with Gasteiger partial charge in [0.05, 0.1) is 6.20 Å². The molecule has 0 saturated carbocycles. The number of fused-ring (bicyclic) bond motifs is 1. The van der Waals surface area contributed by atoms with Crippen LogP contribution in [0.5, 0.6) is 0 Å². The third kappa shape index (κ3) is 4.40. The van der Waals surface area contributed by atoms with Gasteiger partial charge in [-0.1, -0.05) is 11.8 Å². The molecule has 2 amide bonds. The SMILES string of the molecule is O=C(Nc1ccc(Sc2ccncc2)cc1)C(=O)N[C@@H]1CCc2cn[nH]c2C1. The Hall–Kier alpha value is -3.13. The van der Waals surface area contributed by atoms with Crippen molar-refractivity contribution < 1.29 is 9.59 Å². The predicted molar refractivity (Wildman–Crippen MR) is 106 cm³/mol. The van der Waals surface area contributed by atoms with E-state index in [0.717, 1.165) is 28.3 Å². The smallest absolute Gasteiger partial charge is 0.313 e. The summed E-state index contributed by atoms with van der Waals surface area (Å²) < 4.78 is 0. The lowest BCUT2D eigenvalue weighted by atomic mass is 9.94. The first-order chi connectivity index (χ1) is 13.7. The molecule has 2 aromatic heterocycles. The molecule has 28 heavy (non-hydrogen) atoms. The number of hydrogen-bond donors (Lipinski definition) is 3. The lowest BCUT2D eigenvalue weighted by Crippen LogP contribution is -2.44. The fourth-order valence-electron chi connectivity index (χ4n) is 3.12. The third-order valence-corrected chi connectivity index (χ3v) is 5.57. The number of aromatic nitrogens is 3. The van der Waals surface area contributed by atoms with E-state index in [2.05, 4.69) is 25.8 Å². The minimum atomic E-state index is -0.662. The zero-order chi connectivity index (χ0) is 19.3. The second-order valence-corrected chi connectivity index (χ2v) is 7.70. The summed E-state index contributed by atoms with van der Waals surface area (Å²) in [7, 11) is 0. The van der Waals surface area contributed by atoms with Gasteiger partial charge in [0.1, 0.15) is 0 Å². The number of rotatable bonds is 4. The summed E-state index contributed by atoms with van der Waals surface area (Å²) >= 11 is 1.60. The van der Waals surface area contributed by atoms with E-state index in [1.807, 2.05) is 30.5 Å². The zero-order valence-corrected chi connectivity index (χ0v) is 15.8. The van der Waals surface area contributed by atoms with E-state index in [9.17, 15) is 9.59 Å². The van der Waals surface area contributed by atoms with Crippen molar-refractivity contribution in [1.29, 1.82) is 0 Å². The van der Waals surface area contributed by atoms with Crippen LogP contribution < -0.4 is 10.6 Å². The molecule has 0 spiro atoms. The lowest BCUT2D eigenvalue weighted by Gasteiger charge is -2.22. The highest BCUT2D eigenvalue weighted by molar-refractivity contribution is 7.99. The first-order valence-corrected chi connectivity index (χ1v) is 9.80. The van der Waals surface area contributed by atoms with E-state index in [1.165, 1.54) is 5.56 Å². The number of pyridine rings is 1. The number of amides is 2. The van der Waals surface area contributed by atoms with Crippen LogP contribution in [0.15, 0.2) is 64.8 Å². The Morgan fingerprint density at radius 3 is 2.57 bits per heavy atom. The van der Waals surface area contributed by atoms with Crippen molar-refractivity contribution >= 4 is 29.3 Å². The van der Waals surface area contributed by atoms with Gasteiger partial charge in [-0.2, -0.15) is 5.10 Å². The number of benzene rings is 1. The van der Waals surface area contributed by atoms with Gasteiger partial charge in [-0.05, 0) is 54.8 Å². The minimum Gasteiger partial charge on any atom is -0.345 e. The van der Waals surface area contributed by atoms with Gasteiger partial charge in [-0.25, -0.2) is 0 Å². The Labute approximate surface area is 166 Å². The molecule has 1 aromatic carbocycles. The molecule has 1 aliphatic rings. The van der Waals surface area contributed by atoms with E-state index >= 15 is 0 Å². The summed E-state index contributed by atoms with van der Waals surface area (Å²) in [6, 6.07) is 11.2. The Bertz CT molecular complexity index is 972. The van der Waals surface area contributed by atoms with E-state index in [0.29, 0.717) is 12.1 Å². The molecular weight excluding hydrogens is 374 g/mol. The highest BCUT2D eigenvalue weighted by Gasteiger charge is 2.24. The second kappa shape index (κ2) is 8.26. The molecule has 7 nitrogen and oxygen atoms in total. The Balaban J connectivity index is 1.30. The van der Waals surface area contributed by atoms with Gasteiger partial charge in [0.2, 0.25) is 0 Å². The maximum Gasteiger partial charge on any atom is 0.313 e. The Morgan fingerprint density at radius 2 is 1.79 bits per heavy atom. The molecule has 1 aliphatic carbocycles. The van der Waals surface area contributed by atoms with Crippen LogP contribution in [0.4, 0.5) is 5.69 Å². The van der Waals surface area contributed by atoms with Crippen molar-refractivity contribution in [3.8, 4) is 0 Å². The van der Waals surface area contributed by atoms with Crippen LogP contribution in [0.3, 0.4) is 0 Å². The molecule has 8 heteroatoms. The summed E-state index contributed by atoms with van der Waals surface area (Å²) in [5, 5.41) is 12.4. The molecule has 0 aliphatic heterocycles. The largest absolute Gasteiger partial charge is 0.345 e. The number of anilines is 1. The van der Waals surface area contributed by atoms with Crippen molar-refractivity contribution in [3.05, 3.63) is 66.2 Å². The molecule has 0 fully saturated rings. The fraction of sp³-hybridized carbons (Fsp3) is 0.200. The number of aromatic amines is 1. The number of hydrogen-bond acceptors (Lipinski definition) is 5. The first kappa shape index (κ1) is 18.2. The van der Waals surface area contributed by atoms with Gasteiger partial charge in [-0.3, -0.25) is 19.7 Å². The number of H-pyrrole nitrogens is 1. The number of nitrogens with zero attached hydrogens (tertiary/aromatic N) is 2. The molecule has 142 valence electrons. The number of carbonyl (C=O) groups excluding carboxylic acids is 2. The van der Waals surface area contributed by atoms with Crippen LogP contribution in [0, 0.1) is 0 Å². The molecular formula is C20H19N5O2S. The monoisotopic (exact) mass is 393 g/mol. The van der Waals surface area contributed by atoms with Gasteiger partial charge in [0.15, 0.2) is 0 Å². The molecule has 2 heterocycles. The zero-order valence-electron chi connectivity index (χ0n) is 15.0. The summed E-state index contributed by atoms with van der Waals surface area (Å²) in [6.45, 7) is 0. The van der Waals surface area contributed by atoms with E-state index in [4.69, 9.17) is 0 Å². The highest BCUT2D eigenvalue weighted by Crippen LogP contribution is 2.27. The number of carbonyl (C=O) groups is 2. The van der Waals surface area contributed by atoms with E-state index < -0.39 is 11.8 Å². The van der Waals surface area contributed by atoms with Gasteiger partial charge in [-0.15, -0.1) is 0 Å². The Morgan fingerprint density at radius 1 is 1.04 bits per heavy atom. The fourth-order valence-corrected chi connectivity index (χ4v) is 3.92. The molecule has 0 saturated heterocycles. The van der Waals surface area contributed by atoms with E-state index in [-0.39, 0.29) is 6.04 Å². The third-order valence-electron chi connectivity index (χ3n) is 4.56. The molecule has 4 rings (SSSR count). The lowest BCUT2D eigenvalue weighted by molar-refractivity contribution is -0.136. The van der Waals surface area contributed by atoms with Crippen molar-refractivity contribution in [2.45, 2.75) is 35.1 Å². The maximum absolute atomic E-state index is 12.2. The van der Waals surface area contributed by atoms with E-state index in [1.54, 1.807) is 36.3 Å². The standard InChI is InChI=1S/C20H19N5O2S/c26-19(20(27)24-15-2-1-13-12-22-25-18(13)11-15)23-14-3-5-16(6-4-14)28-17-7-9-21-10-8-17/h3-10,12,15H,1-2,11H2,(H,22,25)(H,23,26)(H,24,27)/t15-/m1/s1. The van der Waals surface area contributed by atoms with Crippen molar-refractivity contribution in [1.82, 2.24) is 20.5 Å². The predicted octanol–water partition coefficient (Wildman–Crippen LogP) is 2.57. The van der Waals surface area contributed by atoms with Gasteiger partial charge >= 0.3 is 11.8 Å². The average Bonchev–Trinajstić information content (AvgIpc) is 3.18. The van der Waals surface area contributed by atoms with Crippen LogP contribution in [-0.2, 0) is 22.4 Å².